The first-order chi connectivity index (χ1) is 26.3. The van der Waals surface area contributed by atoms with Gasteiger partial charge >= 0.3 is 0 Å². The van der Waals surface area contributed by atoms with Crippen LogP contribution in [0.3, 0.4) is 0 Å². The van der Waals surface area contributed by atoms with E-state index in [9.17, 15) is 9.59 Å². The predicted octanol–water partition coefficient (Wildman–Crippen LogP) is 14.5. The van der Waals surface area contributed by atoms with Crippen molar-refractivity contribution in [3.63, 3.8) is 0 Å². The van der Waals surface area contributed by atoms with Crippen LogP contribution in [0, 0.1) is 25.7 Å². The number of carbonyl (C=O) groups is 2. The number of benzene rings is 2. The molecule has 4 nitrogen and oxygen atoms in total. The maximum atomic E-state index is 15.0. The van der Waals surface area contributed by atoms with E-state index >= 15 is 0 Å². The molecule has 2 heterocycles. The van der Waals surface area contributed by atoms with Crippen LogP contribution in [-0.4, -0.2) is 24.9 Å². The highest BCUT2D eigenvalue weighted by molar-refractivity contribution is 6.14. The molecule has 4 atom stereocenters. The van der Waals surface area contributed by atoms with Crippen molar-refractivity contribution in [3.8, 4) is 0 Å². The van der Waals surface area contributed by atoms with E-state index in [-0.39, 0.29) is 11.8 Å². The van der Waals surface area contributed by atoms with Crippen molar-refractivity contribution in [2.24, 2.45) is 11.8 Å². The molecule has 0 radical (unpaired) electrons. The lowest BCUT2D eigenvalue weighted by atomic mass is 9.82. The molecular formula is C50H80N2O2. The number of rotatable bonds is 29. The first-order valence-electron chi connectivity index (χ1n) is 23.2. The van der Waals surface area contributed by atoms with E-state index in [0.717, 1.165) is 35.6 Å². The molecule has 0 spiro atoms. The van der Waals surface area contributed by atoms with Crippen LogP contribution in [0.5, 0.6) is 0 Å². The minimum absolute atomic E-state index is 0.145. The Morgan fingerprint density at radius 3 is 1.07 bits per heavy atom. The molecule has 4 rings (SSSR count). The second-order valence-corrected chi connectivity index (χ2v) is 17.5. The average molecular weight is 741 g/mol. The van der Waals surface area contributed by atoms with Crippen molar-refractivity contribution in [3.05, 3.63) is 58.7 Å². The largest absolute Gasteiger partial charge is 0.311 e. The minimum Gasteiger partial charge on any atom is -0.311 e. The summed E-state index contributed by atoms with van der Waals surface area (Å²) in [6, 6.07) is 13.1. The van der Waals surface area contributed by atoms with Crippen molar-refractivity contribution >= 4 is 23.2 Å². The van der Waals surface area contributed by atoms with Crippen LogP contribution in [0.2, 0.25) is 0 Å². The molecule has 0 saturated heterocycles. The van der Waals surface area contributed by atoms with Gasteiger partial charge < -0.3 is 9.80 Å². The van der Waals surface area contributed by atoms with Crippen LogP contribution in [0.4, 0.5) is 11.4 Å². The Morgan fingerprint density at radius 1 is 0.444 bits per heavy atom. The summed E-state index contributed by atoms with van der Waals surface area (Å²) in [6.45, 7) is 15.0. The number of hydrogen-bond acceptors (Lipinski definition) is 2. The number of carbonyl (C=O) groups excluding carboxylic acids is 2. The van der Waals surface area contributed by atoms with Crippen LogP contribution >= 0.6 is 0 Å². The molecule has 0 N–H and O–H groups in total. The Balaban J connectivity index is 1.58. The fourth-order valence-corrected chi connectivity index (χ4v) is 9.48. The molecule has 0 saturated carbocycles. The summed E-state index contributed by atoms with van der Waals surface area (Å²) >= 11 is 0. The van der Waals surface area contributed by atoms with E-state index in [1.807, 2.05) is 0 Å². The van der Waals surface area contributed by atoms with Gasteiger partial charge in [-0.2, -0.15) is 0 Å². The number of unbranched alkanes of at least 4 members (excludes halogenated alkanes) is 16. The summed E-state index contributed by atoms with van der Waals surface area (Å²) in [5.74, 6) is 0.348. The van der Waals surface area contributed by atoms with Gasteiger partial charge in [0, 0.05) is 24.5 Å². The topological polar surface area (TPSA) is 40.6 Å². The molecule has 2 aromatic rings. The molecule has 302 valence electrons. The van der Waals surface area contributed by atoms with Crippen LogP contribution < -0.4 is 9.80 Å². The Morgan fingerprint density at radius 2 is 0.741 bits per heavy atom. The highest BCUT2D eigenvalue weighted by Gasteiger charge is 2.51. The number of aryl methyl sites for hydroxylation is 2. The quantitative estimate of drug-likeness (QED) is 0.0779. The fourth-order valence-electron chi connectivity index (χ4n) is 9.48. The molecule has 2 aliphatic heterocycles. The molecule has 2 aliphatic rings. The molecule has 0 aliphatic carbocycles. The fraction of sp³-hybridized carbons (Fsp3) is 0.720. The van der Waals surface area contributed by atoms with E-state index in [1.165, 1.54) is 165 Å². The number of fused-ring (bicyclic) bond motifs is 2. The molecule has 0 bridgehead atoms. The van der Waals surface area contributed by atoms with Crippen LogP contribution in [0.1, 0.15) is 216 Å². The van der Waals surface area contributed by atoms with Gasteiger partial charge in [0.25, 0.3) is 0 Å². The molecule has 4 unspecified atom stereocenters. The summed E-state index contributed by atoms with van der Waals surface area (Å²) in [6.07, 6.45) is 30.4. The predicted molar refractivity (Wildman–Crippen MR) is 233 cm³/mol. The van der Waals surface area contributed by atoms with Gasteiger partial charge in [-0.25, -0.2) is 0 Å². The Hall–Kier alpha value is -2.62. The Bertz CT molecular complexity index is 1290. The number of hydrogen-bond donors (Lipinski definition) is 0. The van der Waals surface area contributed by atoms with Gasteiger partial charge in [-0.05, 0) is 85.8 Å². The number of nitrogens with zero attached hydrogens (tertiary/aromatic N) is 2. The van der Waals surface area contributed by atoms with Gasteiger partial charge in [0.05, 0.1) is 11.8 Å². The zero-order valence-corrected chi connectivity index (χ0v) is 35.9. The third kappa shape index (κ3) is 12.7. The van der Waals surface area contributed by atoms with Gasteiger partial charge in [-0.15, -0.1) is 0 Å². The standard InChI is InChI=1S/C50H80N2O2/c1-7-11-15-19-21-25-29-41(27-23-17-13-9-3)37-51-45-35-39(5)31-33-43(45)47(49(51)53)48-44-34-32-40(6)36-46(44)52(50(48)54)38-42(28-24-18-14-10-4)30-26-22-20-16-12-8-2/h31-36,41-42,47-48H,7-30,37-38H2,1-6H3. The average Bonchev–Trinajstić information content (AvgIpc) is 3.57. The van der Waals surface area contributed by atoms with Crippen LogP contribution in [-0.2, 0) is 9.59 Å². The van der Waals surface area contributed by atoms with Gasteiger partial charge in [0.2, 0.25) is 11.8 Å². The first kappa shape index (κ1) is 44.1. The molecule has 2 aromatic carbocycles. The summed E-state index contributed by atoms with van der Waals surface area (Å²) in [4.78, 5) is 34.2. The van der Waals surface area contributed by atoms with E-state index in [0.29, 0.717) is 11.8 Å². The third-order valence-electron chi connectivity index (χ3n) is 12.8. The van der Waals surface area contributed by atoms with E-state index < -0.39 is 11.8 Å². The number of anilines is 2. The van der Waals surface area contributed by atoms with Gasteiger partial charge in [-0.3, -0.25) is 9.59 Å². The Kier molecular flexibility index (Phi) is 19.7. The van der Waals surface area contributed by atoms with Crippen molar-refractivity contribution in [1.29, 1.82) is 0 Å². The lowest BCUT2D eigenvalue weighted by Gasteiger charge is -2.27. The summed E-state index contributed by atoms with van der Waals surface area (Å²) < 4.78 is 0. The van der Waals surface area contributed by atoms with Crippen molar-refractivity contribution < 1.29 is 9.59 Å². The highest BCUT2D eigenvalue weighted by atomic mass is 16.2. The van der Waals surface area contributed by atoms with E-state index in [1.54, 1.807) is 0 Å². The molecule has 2 amide bonds. The SMILES string of the molecule is CCCCCCCCC(CCCCCC)CN1C(=O)C(C2C(=O)N(CC(CCCCCC)CCCCCCCC)c3cc(C)ccc32)c2ccc(C)cc21. The monoisotopic (exact) mass is 741 g/mol. The van der Waals surface area contributed by atoms with E-state index in [2.05, 4.69) is 87.7 Å². The number of amides is 2. The zero-order valence-electron chi connectivity index (χ0n) is 35.9. The first-order valence-corrected chi connectivity index (χ1v) is 23.2. The maximum Gasteiger partial charge on any atom is 0.235 e. The Labute approximate surface area is 332 Å². The summed E-state index contributed by atoms with van der Waals surface area (Å²) in [7, 11) is 0. The second kappa shape index (κ2) is 24.1. The summed E-state index contributed by atoms with van der Waals surface area (Å²) in [5.41, 5.74) is 6.60. The van der Waals surface area contributed by atoms with Gasteiger partial charge in [0.1, 0.15) is 0 Å². The van der Waals surface area contributed by atoms with Gasteiger partial charge in [-0.1, -0.05) is 180 Å². The van der Waals surface area contributed by atoms with Crippen LogP contribution in [0.15, 0.2) is 36.4 Å². The molecular weight excluding hydrogens is 661 g/mol. The second-order valence-electron chi connectivity index (χ2n) is 17.5. The summed E-state index contributed by atoms with van der Waals surface area (Å²) in [5, 5.41) is 0. The van der Waals surface area contributed by atoms with Gasteiger partial charge in [0.15, 0.2) is 0 Å². The highest BCUT2D eigenvalue weighted by Crippen LogP contribution is 2.52. The van der Waals surface area contributed by atoms with Crippen LogP contribution in [0.25, 0.3) is 0 Å². The van der Waals surface area contributed by atoms with Crippen molar-refractivity contribution in [1.82, 2.24) is 0 Å². The minimum atomic E-state index is -0.462. The zero-order chi connectivity index (χ0) is 38.7. The smallest absolute Gasteiger partial charge is 0.235 e. The molecule has 0 fully saturated rings. The molecule has 0 aromatic heterocycles. The van der Waals surface area contributed by atoms with Crippen molar-refractivity contribution in [2.45, 2.75) is 207 Å². The maximum absolute atomic E-state index is 15.0. The normalized spacial score (nSPS) is 17.7. The van der Waals surface area contributed by atoms with E-state index in [4.69, 9.17) is 0 Å². The third-order valence-corrected chi connectivity index (χ3v) is 12.8. The van der Waals surface area contributed by atoms with Crippen molar-refractivity contribution in [2.75, 3.05) is 22.9 Å². The molecule has 54 heavy (non-hydrogen) atoms. The lowest BCUT2D eigenvalue weighted by Crippen LogP contribution is -2.39. The molecule has 4 heteroatoms. The lowest BCUT2D eigenvalue weighted by molar-refractivity contribution is -0.125.